The van der Waals surface area contributed by atoms with Crippen LogP contribution in [0, 0.1) is 0 Å². The Morgan fingerprint density at radius 2 is 1.18 bits per heavy atom. The smallest absolute Gasteiger partial charge is 0.332 e. The van der Waals surface area contributed by atoms with E-state index in [1.165, 1.54) is 47.8 Å². The molecule has 0 aliphatic carbocycles. The molecule has 6 aromatic rings. The van der Waals surface area contributed by atoms with Crippen molar-refractivity contribution < 1.29 is 20.4 Å². The predicted octanol–water partition coefficient (Wildman–Crippen LogP) is 0.157. The van der Waals surface area contributed by atoms with Crippen LogP contribution < -0.4 is 33.1 Å². The average Bonchev–Trinajstić information content (AvgIpc) is 3.79. The standard InChI is InChI=1S/C18H23N5O3.C17H21N5O5.2ClH/c1-12(15(24)13-7-5-4-6-8-13)19-9-10-23-11-20-16-14(23)17(25)22(3)18(26)21(16)2;1-20-15-14(16(26)21(2)17(20)27)22(9-19-15)6-5-18-8-13(25)10-3-4-11(23)12(24)7-10;;/h4-8,11-12,15,19,24H,9-10H2,1-3H3;3-4,7,9,13,18,23-25H,5-6,8H2,1-2H3;2*1H/t12-,15-;;;/m0.../s1. The summed E-state index contributed by atoms with van der Waals surface area (Å²) in [5.74, 6) is -0.542. The first kappa shape index (κ1) is 44.2. The number of aromatic hydroxyl groups is 2. The van der Waals surface area contributed by atoms with Gasteiger partial charge in [0.05, 0.1) is 24.9 Å². The molecule has 0 bridgehead atoms. The fourth-order valence-electron chi connectivity index (χ4n) is 5.90. The molecule has 298 valence electrons. The van der Waals surface area contributed by atoms with Gasteiger partial charge in [0.1, 0.15) is 0 Å². The van der Waals surface area contributed by atoms with E-state index in [9.17, 15) is 39.6 Å². The minimum absolute atomic E-state index is 0. The number of phenolic OH excluding ortho intramolecular Hbond substituents is 2. The summed E-state index contributed by atoms with van der Waals surface area (Å²) in [6.07, 6.45) is 1.57. The number of fused-ring (bicyclic) bond motifs is 2. The fraction of sp³-hybridized carbons (Fsp3) is 0.371. The number of aromatic nitrogens is 8. The number of hydrogen-bond donors (Lipinski definition) is 6. The van der Waals surface area contributed by atoms with Crippen LogP contribution >= 0.6 is 24.8 Å². The first-order valence-electron chi connectivity index (χ1n) is 16.8. The number of benzene rings is 2. The molecular formula is C35H46Cl2N10O8. The van der Waals surface area contributed by atoms with Gasteiger partial charge in [-0.2, -0.15) is 0 Å². The molecule has 4 heterocycles. The molecule has 3 atom stereocenters. The third-order valence-electron chi connectivity index (χ3n) is 9.12. The number of aryl methyl sites for hydroxylation is 2. The SMILES string of the molecule is C[C@H](NCCn1cnc2c1c(=O)n(C)c(=O)n2C)[C@H](O)c1ccccc1.Cl.Cl.Cn1c(=O)c2c(ncn2CCNCC(O)c2ccc(O)c(O)c2)n(C)c1=O. The first-order valence-corrected chi connectivity index (χ1v) is 16.8. The molecule has 18 nitrogen and oxygen atoms in total. The average molecular weight is 806 g/mol. The highest BCUT2D eigenvalue weighted by Gasteiger charge is 2.18. The third-order valence-corrected chi connectivity index (χ3v) is 9.12. The van der Waals surface area contributed by atoms with Crippen LogP contribution in [0.1, 0.15) is 30.3 Å². The van der Waals surface area contributed by atoms with Crippen LogP contribution in [0.4, 0.5) is 0 Å². The molecular weight excluding hydrogens is 759 g/mol. The fourth-order valence-corrected chi connectivity index (χ4v) is 5.90. The van der Waals surface area contributed by atoms with Crippen molar-refractivity contribution in [1.82, 2.24) is 48.0 Å². The van der Waals surface area contributed by atoms with Crippen LogP contribution in [-0.2, 0) is 41.3 Å². The molecule has 2 aromatic carbocycles. The molecule has 0 radical (unpaired) electrons. The van der Waals surface area contributed by atoms with E-state index in [2.05, 4.69) is 20.6 Å². The Morgan fingerprint density at radius 3 is 1.69 bits per heavy atom. The summed E-state index contributed by atoms with van der Waals surface area (Å²) in [5.41, 5.74) is 1.14. The van der Waals surface area contributed by atoms with Crippen LogP contribution in [0.25, 0.3) is 22.3 Å². The van der Waals surface area contributed by atoms with Crippen molar-refractivity contribution in [3.05, 3.63) is 114 Å². The molecule has 0 saturated carbocycles. The zero-order valence-corrected chi connectivity index (χ0v) is 32.5. The normalized spacial score (nSPS) is 12.7. The minimum atomic E-state index is -0.871. The highest BCUT2D eigenvalue weighted by Crippen LogP contribution is 2.27. The monoisotopic (exact) mass is 804 g/mol. The minimum Gasteiger partial charge on any atom is -0.504 e. The number of imidazole rings is 2. The lowest BCUT2D eigenvalue weighted by Crippen LogP contribution is -2.38. The van der Waals surface area contributed by atoms with E-state index in [4.69, 9.17) is 0 Å². The molecule has 20 heteroatoms. The van der Waals surface area contributed by atoms with Gasteiger partial charge >= 0.3 is 11.4 Å². The summed E-state index contributed by atoms with van der Waals surface area (Å²) in [7, 11) is 6.03. The van der Waals surface area contributed by atoms with Gasteiger partial charge < -0.3 is 40.2 Å². The largest absolute Gasteiger partial charge is 0.504 e. The number of nitrogens with zero attached hydrogens (tertiary/aromatic N) is 8. The van der Waals surface area contributed by atoms with Crippen LogP contribution in [0.15, 0.2) is 80.4 Å². The zero-order chi connectivity index (χ0) is 38.6. The zero-order valence-electron chi connectivity index (χ0n) is 30.9. The second-order valence-electron chi connectivity index (χ2n) is 12.7. The predicted molar refractivity (Wildman–Crippen MR) is 211 cm³/mol. The quantitative estimate of drug-likeness (QED) is 0.0719. The number of halogens is 2. The van der Waals surface area contributed by atoms with Gasteiger partial charge in [0.25, 0.3) is 11.1 Å². The molecule has 0 aliphatic heterocycles. The molecule has 6 rings (SSSR count). The van der Waals surface area contributed by atoms with Crippen molar-refractivity contribution in [3.8, 4) is 11.5 Å². The Labute approximate surface area is 326 Å². The van der Waals surface area contributed by atoms with E-state index in [0.717, 1.165) is 14.7 Å². The van der Waals surface area contributed by atoms with Gasteiger partial charge in [-0.3, -0.25) is 27.9 Å². The summed E-state index contributed by atoms with van der Waals surface area (Å²) >= 11 is 0. The number of phenols is 2. The number of hydrogen-bond acceptors (Lipinski definition) is 12. The summed E-state index contributed by atoms with van der Waals surface area (Å²) in [6.45, 7) is 4.02. The van der Waals surface area contributed by atoms with E-state index in [1.807, 2.05) is 37.3 Å². The Bertz CT molecular complexity index is 2470. The Kier molecular flexibility index (Phi) is 15.2. The second kappa shape index (κ2) is 18.9. The molecule has 0 amide bonds. The Balaban J connectivity index is 0.000000285. The van der Waals surface area contributed by atoms with E-state index in [0.29, 0.717) is 54.1 Å². The van der Waals surface area contributed by atoms with Crippen LogP contribution in [0.3, 0.4) is 0 Å². The molecule has 4 aromatic heterocycles. The van der Waals surface area contributed by atoms with Gasteiger partial charge in [0, 0.05) is 67.0 Å². The van der Waals surface area contributed by atoms with Crippen LogP contribution in [-0.4, -0.2) is 83.5 Å². The maximum atomic E-state index is 12.4. The Morgan fingerprint density at radius 1 is 0.673 bits per heavy atom. The summed E-state index contributed by atoms with van der Waals surface area (Å²) in [4.78, 5) is 57.0. The van der Waals surface area contributed by atoms with Crippen LogP contribution in [0.2, 0.25) is 0 Å². The van der Waals surface area contributed by atoms with E-state index >= 15 is 0 Å². The highest BCUT2D eigenvalue weighted by molar-refractivity contribution is 5.85. The van der Waals surface area contributed by atoms with Gasteiger partial charge in [-0.25, -0.2) is 19.6 Å². The number of nitrogens with one attached hydrogen (secondary N) is 2. The lowest BCUT2D eigenvalue weighted by molar-refractivity contribution is 0.135. The van der Waals surface area contributed by atoms with Gasteiger partial charge in [-0.15, -0.1) is 24.8 Å². The molecule has 1 unspecified atom stereocenters. The number of aliphatic hydroxyl groups is 2. The lowest BCUT2D eigenvalue weighted by atomic mass is 10.0. The second-order valence-corrected chi connectivity index (χ2v) is 12.7. The number of aliphatic hydroxyl groups excluding tert-OH is 2. The van der Waals surface area contributed by atoms with Crippen molar-refractivity contribution in [2.75, 3.05) is 19.6 Å². The van der Waals surface area contributed by atoms with Crippen molar-refractivity contribution in [2.45, 2.75) is 38.3 Å². The maximum absolute atomic E-state index is 12.4. The van der Waals surface area contributed by atoms with E-state index in [-0.39, 0.29) is 54.5 Å². The summed E-state index contributed by atoms with van der Waals surface area (Å²) < 4.78 is 8.18. The van der Waals surface area contributed by atoms with Crippen molar-refractivity contribution in [1.29, 1.82) is 0 Å². The van der Waals surface area contributed by atoms with Crippen molar-refractivity contribution in [3.63, 3.8) is 0 Å². The molecule has 0 spiro atoms. The molecule has 0 saturated heterocycles. The van der Waals surface area contributed by atoms with Gasteiger partial charge in [0.2, 0.25) is 0 Å². The lowest BCUT2D eigenvalue weighted by Gasteiger charge is -2.20. The highest BCUT2D eigenvalue weighted by atomic mass is 35.5. The maximum Gasteiger partial charge on any atom is 0.332 e. The van der Waals surface area contributed by atoms with Crippen molar-refractivity contribution in [2.24, 2.45) is 28.2 Å². The van der Waals surface area contributed by atoms with Gasteiger partial charge in [-0.05, 0) is 30.2 Å². The number of rotatable bonds is 12. The van der Waals surface area contributed by atoms with Crippen molar-refractivity contribution >= 4 is 47.1 Å². The molecule has 0 aliphatic rings. The van der Waals surface area contributed by atoms with Gasteiger partial charge in [0.15, 0.2) is 33.8 Å². The molecule has 55 heavy (non-hydrogen) atoms. The first-order chi connectivity index (χ1) is 25.2. The van der Waals surface area contributed by atoms with E-state index < -0.39 is 29.1 Å². The summed E-state index contributed by atoms with van der Waals surface area (Å²) in [6, 6.07) is 13.4. The molecule has 6 N–H and O–H groups in total. The van der Waals surface area contributed by atoms with Crippen LogP contribution in [0.5, 0.6) is 11.5 Å². The van der Waals surface area contributed by atoms with Gasteiger partial charge in [-0.1, -0.05) is 36.4 Å². The molecule has 0 fully saturated rings. The Hall–Kier alpha value is -5.24. The summed E-state index contributed by atoms with van der Waals surface area (Å²) in [5, 5.41) is 45.7. The topological polar surface area (TPSA) is 229 Å². The van der Waals surface area contributed by atoms with E-state index in [1.54, 1.807) is 29.6 Å². The third kappa shape index (κ3) is 9.35.